The molecule has 1 fully saturated rings. The Hall–Kier alpha value is -3.32. The minimum Gasteiger partial charge on any atom is -0.507 e. The van der Waals surface area contributed by atoms with Crippen molar-refractivity contribution in [3.05, 3.63) is 60.2 Å². The number of phenolic OH excluding ortho intramolecular Hbond substituents is 1. The van der Waals surface area contributed by atoms with E-state index in [4.69, 9.17) is 0 Å². The molecule has 2 N–H and O–H groups in total. The standard InChI is InChI=1S/C24H30N6O/c1-7-21(29-28-18(5)30-13-16(3)27-17(4)14-30)20-9-8-19(10-24(20)31)23-11-22(25-6)15(2)12-26-23/h7-12,16-17,27,31H,1-2,13-14H2,3-6H3/b25-22?,28-18+,29-21+/t16-,17+. The number of phenols is 1. The topological polar surface area (TPSA) is 84.9 Å². The number of nitrogens with zero attached hydrogens (tertiary/aromatic N) is 5. The molecular formula is C24H30N6O. The van der Waals surface area contributed by atoms with Gasteiger partial charge in [0.15, 0.2) is 0 Å². The Bertz CT molecular complexity index is 1020. The zero-order valence-electron chi connectivity index (χ0n) is 18.6. The maximum atomic E-state index is 10.7. The SMILES string of the molecule is C=C/C(=N\N=C(/C)N1C[C@@H](C)N[C@@H](C)C1)c1ccc(C2=CC(=NC)C(=C)C=N2)cc1O. The van der Waals surface area contributed by atoms with Crippen LogP contribution in [0.5, 0.6) is 5.75 Å². The van der Waals surface area contributed by atoms with Crippen molar-refractivity contribution in [3.8, 4) is 5.75 Å². The fourth-order valence-corrected chi connectivity index (χ4v) is 3.73. The van der Waals surface area contributed by atoms with Crippen molar-refractivity contribution in [2.24, 2.45) is 20.2 Å². The summed E-state index contributed by atoms with van der Waals surface area (Å²) in [5.41, 5.74) is 4.08. The lowest BCUT2D eigenvalue weighted by Crippen LogP contribution is -2.55. The molecule has 0 saturated carbocycles. The minimum atomic E-state index is 0.0870. The molecule has 0 radical (unpaired) electrons. The van der Waals surface area contributed by atoms with E-state index in [1.165, 1.54) is 0 Å². The minimum absolute atomic E-state index is 0.0870. The first-order valence-electron chi connectivity index (χ1n) is 10.3. The number of hydrogen-bond donors (Lipinski definition) is 2. The number of aliphatic imine (C=N–C) groups is 2. The van der Waals surface area contributed by atoms with Crippen molar-refractivity contribution in [1.29, 1.82) is 0 Å². The summed E-state index contributed by atoms with van der Waals surface area (Å²) in [6, 6.07) is 6.12. The Labute approximate surface area is 184 Å². The molecule has 2 aliphatic rings. The third-order valence-corrected chi connectivity index (χ3v) is 5.28. The average Bonchev–Trinajstić information content (AvgIpc) is 2.74. The molecule has 2 heterocycles. The van der Waals surface area contributed by atoms with Crippen LogP contribution in [-0.4, -0.2) is 65.7 Å². The van der Waals surface area contributed by atoms with Gasteiger partial charge < -0.3 is 15.3 Å². The summed E-state index contributed by atoms with van der Waals surface area (Å²) in [5, 5.41) is 22.9. The van der Waals surface area contributed by atoms with E-state index in [2.05, 4.69) is 57.4 Å². The zero-order valence-corrected chi connectivity index (χ0v) is 18.6. The van der Waals surface area contributed by atoms with Crippen LogP contribution < -0.4 is 5.32 Å². The van der Waals surface area contributed by atoms with Gasteiger partial charge >= 0.3 is 0 Å². The van der Waals surface area contributed by atoms with E-state index in [0.717, 1.165) is 35.8 Å². The average molecular weight is 419 g/mol. The predicted octanol–water partition coefficient (Wildman–Crippen LogP) is 3.44. The molecule has 7 nitrogen and oxygen atoms in total. The first kappa shape index (κ1) is 22.4. The highest BCUT2D eigenvalue weighted by Gasteiger charge is 2.21. The van der Waals surface area contributed by atoms with Gasteiger partial charge in [0.2, 0.25) is 0 Å². The second kappa shape index (κ2) is 9.66. The maximum Gasteiger partial charge on any atom is 0.125 e. The van der Waals surface area contributed by atoms with Gasteiger partial charge in [-0.1, -0.05) is 19.2 Å². The van der Waals surface area contributed by atoms with Gasteiger partial charge in [-0.15, -0.1) is 10.2 Å². The summed E-state index contributed by atoms with van der Waals surface area (Å²) in [6.45, 7) is 15.8. The Morgan fingerprint density at radius 2 is 1.97 bits per heavy atom. The fraction of sp³-hybridized carbons (Fsp3) is 0.333. The van der Waals surface area contributed by atoms with Gasteiger partial charge in [-0.25, -0.2) is 0 Å². The van der Waals surface area contributed by atoms with Crippen LogP contribution in [0.15, 0.2) is 69.3 Å². The largest absolute Gasteiger partial charge is 0.507 e. The van der Waals surface area contributed by atoms with Crippen molar-refractivity contribution >= 4 is 29.2 Å². The lowest BCUT2D eigenvalue weighted by atomic mass is 10.0. The van der Waals surface area contributed by atoms with Crippen molar-refractivity contribution in [1.82, 2.24) is 10.2 Å². The van der Waals surface area contributed by atoms with Gasteiger partial charge in [-0.2, -0.15) is 0 Å². The zero-order chi connectivity index (χ0) is 22.5. The molecule has 162 valence electrons. The van der Waals surface area contributed by atoms with Crippen LogP contribution in [-0.2, 0) is 0 Å². The summed E-state index contributed by atoms with van der Waals surface area (Å²) < 4.78 is 0. The predicted molar refractivity (Wildman–Crippen MR) is 131 cm³/mol. The van der Waals surface area contributed by atoms with E-state index in [1.807, 2.05) is 19.1 Å². The molecule has 0 aromatic heterocycles. The summed E-state index contributed by atoms with van der Waals surface area (Å²) >= 11 is 0. The molecule has 1 aromatic rings. The maximum absolute atomic E-state index is 10.7. The number of nitrogens with one attached hydrogen (secondary N) is 1. The lowest BCUT2D eigenvalue weighted by molar-refractivity contribution is 0.253. The van der Waals surface area contributed by atoms with Gasteiger partial charge in [0, 0.05) is 55.1 Å². The molecule has 1 aromatic carbocycles. The van der Waals surface area contributed by atoms with Gasteiger partial charge in [-0.3, -0.25) is 9.98 Å². The van der Waals surface area contributed by atoms with Gasteiger partial charge in [0.25, 0.3) is 0 Å². The molecule has 2 aliphatic heterocycles. The molecule has 0 bridgehead atoms. The normalized spacial score (nSPS) is 23.9. The summed E-state index contributed by atoms with van der Waals surface area (Å²) in [4.78, 5) is 10.8. The Kier molecular flexibility index (Phi) is 6.97. The smallest absolute Gasteiger partial charge is 0.125 e. The summed E-state index contributed by atoms with van der Waals surface area (Å²) in [5.74, 6) is 0.924. The Morgan fingerprint density at radius 3 is 2.58 bits per heavy atom. The number of hydrogen-bond acceptors (Lipinski definition) is 6. The third kappa shape index (κ3) is 5.24. The van der Waals surface area contributed by atoms with Crippen LogP contribution in [0.3, 0.4) is 0 Å². The third-order valence-electron chi connectivity index (χ3n) is 5.28. The van der Waals surface area contributed by atoms with Gasteiger partial charge in [0.05, 0.1) is 17.1 Å². The quantitative estimate of drug-likeness (QED) is 0.446. The van der Waals surface area contributed by atoms with E-state index in [-0.39, 0.29) is 5.75 Å². The monoisotopic (exact) mass is 418 g/mol. The molecule has 3 rings (SSSR count). The highest BCUT2D eigenvalue weighted by atomic mass is 16.3. The molecule has 0 spiro atoms. The molecule has 0 aliphatic carbocycles. The fourth-order valence-electron chi connectivity index (χ4n) is 3.73. The van der Waals surface area contributed by atoms with Crippen molar-refractivity contribution in [2.75, 3.05) is 20.1 Å². The molecule has 0 unspecified atom stereocenters. The number of aromatic hydroxyl groups is 1. The van der Waals surface area contributed by atoms with Gasteiger partial charge in [-0.05, 0) is 45.1 Å². The van der Waals surface area contributed by atoms with E-state index in [9.17, 15) is 5.11 Å². The van der Waals surface area contributed by atoms with Crippen LogP contribution in [0.1, 0.15) is 31.9 Å². The molecular weight excluding hydrogens is 388 g/mol. The van der Waals surface area contributed by atoms with Crippen LogP contribution in [0.25, 0.3) is 5.70 Å². The molecule has 31 heavy (non-hydrogen) atoms. The number of rotatable bonds is 4. The molecule has 2 atom stereocenters. The first-order valence-corrected chi connectivity index (χ1v) is 10.3. The van der Waals surface area contributed by atoms with Gasteiger partial charge in [0.1, 0.15) is 11.6 Å². The molecule has 1 saturated heterocycles. The van der Waals surface area contributed by atoms with Crippen LogP contribution >= 0.6 is 0 Å². The second-order valence-electron chi connectivity index (χ2n) is 7.86. The van der Waals surface area contributed by atoms with E-state index in [0.29, 0.717) is 29.1 Å². The van der Waals surface area contributed by atoms with Crippen LogP contribution in [0.2, 0.25) is 0 Å². The summed E-state index contributed by atoms with van der Waals surface area (Å²) in [6.07, 6.45) is 5.12. The second-order valence-corrected chi connectivity index (χ2v) is 7.86. The number of amidine groups is 1. The van der Waals surface area contributed by atoms with E-state index < -0.39 is 0 Å². The number of piperazine rings is 1. The first-order chi connectivity index (χ1) is 14.8. The van der Waals surface area contributed by atoms with Crippen LogP contribution in [0.4, 0.5) is 0 Å². The number of allylic oxidation sites excluding steroid dienone is 3. The Balaban J connectivity index is 1.85. The van der Waals surface area contributed by atoms with E-state index >= 15 is 0 Å². The highest BCUT2D eigenvalue weighted by Crippen LogP contribution is 2.27. The summed E-state index contributed by atoms with van der Waals surface area (Å²) in [7, 11) is 1.71. The molecule has 7 heteroatoms. The van der Waals surface area contributed by atoms with Crippen molar-refractivity contribution in [3.63, 3.8) is 0 Å². The highest BCUT2D eigenvalue weighted by molar-refractivity contribution is 6.25. The lowest BCUT2D eigenvalue weighted by Gasteiger charge is -2.36. The molecule has 0 amide bonds. The van der Waals surface area contributed by atoms with Crippen LogP contribution in [0, 0.1) is 0 Å². The Morgan fingerprint density at radius 1 is 1.26 bits per heavy atom. The van der Waals surface area contributed by atoms with Crippen molar-refractivity contribution in [2.45, 2.75) is 32.9 Å². The van der Waals surface area contributed by atoms with Crippen molar-refractivity contribution < 1.29 is 5.11 Å². The number of benzene rings is 1. The van der Waals surface area contributed by atoms with E-state index in [1.54, 1.807) is 31.5 Å².